The number of aromatic nitrogens is 1. The number of carbonyl (C=O) groups excluding carboxylic acids is 1. The molecule has 3 aromatic rings. The molecule has 0 aliphatic carbocycles. The summed E-state index contributed by atoms with van der Waals surface area (Å²) >= 11 is 0. The fraction of sp³-hybridized carbons (Fsp3) is 0.0556. The number of fused-ring (bicyclic) bond motifs is 1. The molecular weight excluding hydrogens is 295 g/mol. The number of hydrogen-bond donors (Lipinski definition) is 0. The Hall–Kier alpha value is -3.26. The first-order valence-corrected chi connectivity index (χ1v) is 6.80. The van der Waals surface area contributed by atoms with Gasteiger partial charge in [-0.15, -0.1) is 0 Å². The summed E-state index contributed by atoms with van der Waals surface area (Å²) in [5.74, 6) is -1.02. The molecule has 0 aliphatic rings. The Balaban J connectivity index is 2.40. The van der Waals surface area contributed by atoms with Crippen LogP contribution in [0.2, 0.25) is 0 Å². The fourth-order valence-corrected chi connectivity index (χ4v) is 2.53. The van der Waals surface area contributed by atoms with Crippen LogP contribution >= 0.6 is 0 Å². The number of methoxy groups -OCH3 is 1. The second-order valence-electron chi connectivity index (χ2n) is 4.88. The zero-order valence-corrected chi connectivity index (χ0v) is 12.2. The number of benzene rings is 2. The van der Waals surface area contributed by atoms with Crippen molar-refractivity contribution in [1.29, 1.82) is 5.26 Å². The van der Waals surface area contributed by atoms with E-state index in [0.717, 1.165) is 11.6 Å². The van der Waals surface area contributed by atoms with Crippen molar-refractivity contribution in [2.24, 2.45) is 0 Å². The summed E-state index contributed by atoms with van der Waals surface area (Å²) in [6.45, 7) is 0. The van der Waals surface area contributed by atoms with Gasteiger partial charge in [-0.25, -0.2) is 9.18 Å². The molecule has 0 unspecified atom stereocenters. The second-order valence-corrected chi connectivity index (χ2v) is 4.88. The van der Waals surface area contributed by atoms with Crippen LogP contribution in [-0.2, 0) is 4.74 Å². The lowest BCUT2D eigenvalue weighted by atomic mass is 9.93. The monoisotopic (exact) mass is 306 g/mol. The Morgan fingerprint density at radius 1 is 1.26 bits per heavy atom. The Labute approximate surface area is 131 Å². The van der Waals surface area contributed by atoms with E-state index in [9.17, 15) is 14.4 Å². The molecule has 0 aliphatic heterocycles. The second kappa shape index (κ2) is 5.85. The lowest BCUT2D eigenvalue weighted by Gasteiger charge is -2.11. The van der Waals surface area contributed by atoms with Crippen molar-refractivity contribution in [3.63, 3.8) is 0 Å². The summed E-state index contributed by atoms with van der Waals surface area (Å²) in [6.07, 6.45) is 2.56. The minimum Gasteiger partial charge on any atom is -0.465 e. The standard InChI is InChI=1S/C18H11FN2O2/c1-23-18(22)12-4-2-11-3-5-13(9-20)17(15(11)8-12)14-6-7-21-10-16(14)19/h2-8,10H,1H3. The van der Waals surface area contributed by atoms with Gasteiger partial charge in [-0.05, 0) is 35.0 Å². The zero-order chi connectivity index (χ0) is 16.4. The molecule has 0 N–H and O–H groups in total. The zero-order valence-electron chi connectivity index (χ0n) is 12.2. The third-order valence-electron chi connectivity index (χ3n) is 3.60. The van der Waals surface area contributed by atoms with E-state index in [0.29, 0.717) is 22.1 Å². The highest BCUT2D eigenvalue weighted by Crippen LogP contribution is 2.34. The van der Waals surface area contributed by atoms with Crippen LogP contribution in [0.4, 0.5) is 4.39 Å². The maximum Gasteiger partial charge on any atom is 0.337 e. The van der Waals surface area contributed by atoms with E-state index in [1.54, 1.807) is 30.3 Å². The molecule has 3 rings (SSSR count). The van der Waals surface area contributed by atoms with Gasteiger partial charge < -0.3 is 4.74 Å². The maximum atomic E-state index is 14.2. The van der Waals surface area contributed by atoms with Crippen molar-refractivity contribution < 1.29 is 13.9 Å². The van der Waals surface area contributed by atoms with E-state index >= 15 is 0 Å². The van der Waals surface area contributed by atoms with Crippen LogP contribution in [0, 0.1) is 17.1 Å². The van der Waals surface area contributed by atoms with Gasteiger partial charge in [0, 0.05) is 17.3 Å². The van der Waals surface area contributed by atoms with E-state index in [1.807, 2.05) is 0 Å². The molecule has 0 bridgehead atoms. The Bertz CT molecular complexity index is 961. The van der Waals surface area contributed by atoms with Crippen LogP contribution < -0.4 is 0 Å². The molecule has 0 radical (unpaired) electrons. The van der Waals surface area contributed by atoms with Crippen molar-refractivity contribution in [2.45, 2.75) is 0 Å². The average molecular weight is 306 g/mol. The number of rotatable bonds is 2. The van der Waals surface area contributed by atoms with Crippen molar-refractivity contribution in [2.75, 3.05) is 7.11 Å². The number of nitriles is 1. The largest absolute Gasteiger partial charge is 0.465 e. The SMILES string of the molecule is COC(=O)c1ccc2ccc(C#N)c(-c3ccncc3F)c2c1. The number of esters is 1. The molecule has 5 heteroatoms. The molecule has 0 spiro atoms. The van der Waals surface area contributed by atoms with Gasteiger partial charge >= 0.3 is 5.97 Å². The molecule has 23 heavy (non-hydrogen) atoms. The van der Waals surface area contributed by atoms with Gasteiger partial charge in [0.2, 0.25) is 0 Å². The molecule has 0 amide bonds. The highest BCUT2D eigenvalue weighted by atomic mass is 19.1. The molecule has 0 saturated carbocycles. The number of pyridine rings is 1. The van der Waals surface area contributed by atoms with Crippen LogP contribution in [0.3, 0.4) is 0 Å². The highest BCUT2D eigenvalue weighted by Gasteiger charge is 2.15. The van der Waals surface area contributed by atoms with Gasteiger partial charge in [0.05, 0.1) is 30.5 Å². The molecule has 4 nitrogen and oxygen atoms in total. The molecule has 1 heterocycles. The molecule has 1 aromatic heterocycles. The van der Waals surface area contributed by atoms with Crippen LogP contribution in [0.25, 0.3) is 21.9 Å². The summed E-state index contributed by atoms with van der Waals surface area (Å²) in [5.41, 5.74) is 1.37. The topological polar surface area (TPSA) is 63.0 Å². The van der Waals surface area contributed by atoms with Crippen LogP contribution in [-0.4, -0.2) is 18.1 Å². The predicted molar refractivity (Wildman–Crippen MR) is 83.2 cm³/mol. The van der Waals surface area contributed by atoms with Gasteiger partial charge in [-0.2, -0.15) is 5.26 Å². The molecule has 0 saturated heterocycles. The van der Waals surface area contributed by atoms with Gasteiger partial charge in [0.1, 0.15) is 5.82 Å². The van der Waals surface area contributed by atoms with E-state index in [1.165, 1.54) is 19.4 Å². The van der Waals surface area contributed by atoms with Crippen molar-refractivity contribution >= 4 is 16.7 Å². The number of halogens is 1. The molecular formula is C18H11FN2O2. The summed E-state index contributed by atoms with van der Waals surface area (Å²) < 4.78 is 18.9. The number of ether oxygens (including phenoxy) is 1. The summed E-state index contributed by atoms with van der Waals surface area (Å²) in [6, 6.07) is 12.0. The van der Waals surface area contributed by atoms with Gasteiger partial charge in [0.15, 0.2) is 0 Å². The minimum atomic E-state index is -0.528. The third-order valence-corrected chi connectivity index (χ3v) is 3.60. The van der Waals surface area contributed by atoms with Gasteiger partial charge in [-0.1, -0.05) is 12.1 Å². The first kappa shape index (κ1) is 14.7. The smallest absolute Gasteiger partial charge is 0.337 e. The van der Waals surface area contributed by atoms with Gasteiger partial charge in [0.25, 0.3) is 0 Å². The Morgan fingerprint density at radius 2 is 2.04 bits per heavy atom. The summed E-state index contributed by atoms with van der Waals surface area (Å²) in [7, 11) is 1.29. The van der Waals surface area contributed by atoms with Crippen molar-refractivity contribution in [3.05, 3.63) is 65.7 Å². The van der Waals surface area contributed by atoms with Gasteiger partial charge in [-0.3, -0.25) is 4.98 Å². The van der Waals surface area contributed by atoms with Crippen LogP contribution in [0.1, 0.15) is 15.9 Å². The molecule has 112 valence electrons. The molecule has 0 fully saturated rings. The molecule has 2 aromatic carbocycles. The minimum absolute atomic E-state index is 0.268. The summed E-state index contributed by atoms with van der Waals surface area (Å²) in [4.78, 5) is 15.5. The van der Waals surface area contributed by atoms with Crippen molar-refractivity contribution in [3.8, 4) is 17.2 Å². The first-order chi connectivity index (χ1) is 11.2. The molecule has 0 atom stereocenters. The number of carbonyl (C=O) groups is 1. The predicted octanol–water partition coefficient (Wildman–Crippen LogP) is 3.70. The van der Waals surface area contributed by atoms with Crippen LogP contribution in [0.15, 0.2) is 48.8 Å². The Kier molecular flexibility index (Phi) is 3.73. The third kappa shape index (κ3) is 2.51. The number of nitrogens with zero attached hydrogens (tertiary/aromatic N) is 2. The lowest BCUT2D eigenvalue weighted by Crippen LogP contribution is -2.01. The van der Waals surface area contributed by atoms with E-state index in [2.05, 4.69) is 11.1 Å². The highest BCUT2D eigenvalue weighted by molar-refractivity contribution is 6.03. The normalized spacial score (nSPS) is 10.3. The fourth-order valence-electron chi connectivity index (χ4n) is 2.53. The van der Waals surface area contributed by atoms with E-state index in [4.69, 9.17) is 4.74 Å². The number of hydrogen-bond acceptors (Lipinski definition) is 4. The van der Waals surface area contributed by atoms with Crippen molar-refractivity contribution in [1.82, 2.24) is 4.98 Å². The maximum absolute atomic E-state index is 14.2. The van der Waals surface area contributed by atoms with E-state index in [-0.39, 0.29) is 5.56 Å². The lowest BCUT2D eigenvalue weighted by molar-refractivity contribution is 0.0601. The quantitative estimate of drug-likeness (QED) is 0.677. The first-order valence-electron chi connectivity index (χ1n) is 6.80. The average Bonchev–Trinajstić information content (AvgIpc) is 2.60. The van der Waals surface area contributed by atoms with Crippen LogP contribution in [0.5, 0.6) is 0 Å². The Morgan fingerprint density at radius 3 is 2.74 bits per heavy atom. The van der Waals surface area contributed by atoms with E-state index < -0.39 is 11.8 Å². The summed E-state index contributed by atoms with van der Waals surface area (Å²) in [5, 5.41) is 10.8.